The molecule has 1 aliphatic rings. The Balaban J connectivity index is 1.37. The molecule has 35 heavy (non-hydrogen) atoms. The lowest BCUT2D eigenvalue weighted by Gasteiger charge is -2.34. The van der Waals surface area contributed by atoms with E-state index in [0.717, 1.165) is 11.3 Å². The number of aromatic amines is 1. The van der Waals surface area contributed by atoms with Crippen molar-refractivity contribution >= 4 is 28.5 Å². The second-order valence-electron chi connectivity index (χ2n) is 8.46. The number of carbonyl (C=O) groups is 3. The summed E-state index contributed by atoms with van der Waals surface area (Å²) in [4.78, 5) is 45.5. The maximum atomic E-state index is 13.3. The van der Waals surface area contributed by atoms with Gasteiger partial charge in [0.05, 0.1) is 23.6 Å². The van der Waals surface area contributed by atoms with Gasteiger partial charge in [0.25, 0.3) is 17.6 Å². The highest BCUT2D eigenvalue weighted by molar-refractivity contribution is 6.45. The molecule has 8 heteroatoms. The molecule has 2 amide bonds. The Morgan fingerprint density at radius 2 is 1.63 bits per heavy atom. The molecule has 2 aromatic carbocycles. The molecule has 1 N–H and O–H groups in total. The summed E-state index contributed by atoms with van der Waals surface area (Å²) in [5.41, 5.74) is 2.29. The second kappa shape index (κ2) is 9.13. The van der Waals surface area contributed by atoms with Crippen LogP contribution in [-0.2, 0) is 4.79 Å². The maximum Gasteiger partial charge on any atom is 0.295 e. The molecule has 2 aromatic heterocycles. The van der Waals surface area contributed by atoms with Crippen LogP contribution >= 0.6 is 0 Å². The Bertz CT molecular complexity index is 1410. The largest absolute Gasteiger partial charge is 0.496 e. The van der Waals surface area contributed by atoms with Crippen LogP contribution in [0.25, 0.3) is 22.2 Å². The van der Waals surface area contributed by atoms with Gasteiger partial charge in [0.15, 0.2) is 0 Å². The number of amides is 2. The third-order valence-electron chi connectivity index (χ3n) is 6.34. The number of hydrogen-bond acceptors (Lipinski definition) is 5. The fraction of sp³-hybridized carbons (Fsp3) is 0.222. The molecule has 0 unspecified atom stereocenters. The number of aryl methyl sites for hydroxylation is 1. The molecule has 0 bridgehead atoms. The summed E-state index contributed by atoms with van der Waals surface area (Å²) >= 11 is 0. The van der Waals surface area contributed by atoms with E-state index in [1.54, 1.807) is 29.3 Å². The van der Waals surface area contributed by atoms with Crippen LogP contribution < -0.4 is 4.74 Å². The molecule has 8 nitrogen and oxygen atoms in total. The summed E-state index contributed by atoms with van der Waals surface area (Å²) in [5.74, 6) is 0.617. The van der Waals surface area contributed by atoms with E-state index in [9.17, 15) is 14.4 Å². The minimum atomic E-state index is -0.620. The topological polar surface area (TPSA) is 95.8 Å². The number of ether oxygens (including phenoxy) is 1. The van der Waals surface area contributed by atoms with Crippen LogP contribution in [0.2, 0.25) is 0 Å². The van der Waals surface area contributed by atoms with Crippen molar-refractivity contribution in [3.63, 3.8) is 0 Å². The van der Waals surface area contributed by atoms with Gasteiger partial charge in [-0.3, -0.25) is 14.4 Å². The van der Waals surface area contributed by atoms with Gasteiger partial charge in [-0.15, -0.1) is 0 Å². The zero-order valence-corrected chi connectivity index (χ0v) is 19.5. The number of ketones is 1. The lowest BCUT2D eigenvalue weighted by atomic mass is 10.0. The molecule has 1 fully saturated rings. The first-order chi connectivity index (χ1) is 17.0. The smallest absolute Gasteiger partial charge is 0.295 e. The number of methoxy groups -OCH3 is 1. The zero-order chi connectivity index (χ0) is 24.5. The van der Waals surface area contributed by atoms with E-state index in [1.807, 2.05) is 43.3 Å². The Kier molecular flexibility index (Phi) is 5.86. The number of rotatable bonds is 5. The van der Waals surface area contributed by atoms with Crippen molar-refractivity contribution < 1.29 is 23.5 Å². The predicted octanol–water partition coefficient (Wildman–Crippen LogP) is 3.91. The molecule has 178 valence electrons. The highest BCUT2D eigenvalue weighted by Crippen LogP contribution is 2.37. The van der Waals surface area contributed by atoms with Crippen LogP contribution in [0.3, 0.4) is 0 Å². The molecule has 0 aliphatic carbocycles. The average molecular weight is 472 g/mol. The number of aromatic nitrogens is 1. The minimum absolute atomic E-state index is 0.0777. The highest BCUT2D eigenvalue weighted by Gasteiger charge is 2.31. The third kappa shape index (κ3) is 4.07. The molecule has 1 saturated heterocycles. The van der Waals surface area contributed by atoms with Crippen LogP contribution in [-0.4, -0.2) is 65.7 Å². The highest BCUT2D eigenvalue weighted by atomic mass is 16.5. The molecule has 0 saturated carbocycles. The Morgan fingerprint density at radius 1 is 0.914 bits per heavy atom. The van der Waals surface area contributed by atoms with E-state index < -0.39 is 11.7 Å². The maximum absolute atomic E-state index is 13.3. The fourth-order valence-corrected chi connectivity index (χ4v) is 4.49. The van der Waals surface area contributed by atoms with Gasteiger partial charge in [-0.2, -0.15) is 0 Å². The molecule has 1 aliphatic heterocycles. The number of hydrogen-bond donors (Lipinski definition) is 1. The average Bonchev–Trinajstić information content (AvgIpc) is 3.54. The van der Waals surface area contributed by atoms with Crippen molar-refractivity contribution in [3.8, 4) is 17.1 Å². The number of H-pyrrole nitrogens is 1. The van der Waals surface area contributed by atoms with Gasteiger partial charge in [0.1, 0.15) is 17.3 Å². The van der Waals surface area contributed by atoms with E-state index in [1.165, 1.54) is 12.0 Å². The van der Waals surface area contributed by atoms with Gasteiger partial charge in [-0.25, -0.2) is 0 Å². The number of nitrogens with zero attached hydrogens (tertiary/aromatic N) is 2. The van der Waals surface area contributed by atoms with Gasteiger partial charge in [0, 0.05) is 43.5 Å². The number of piperazine rings is 1. The molecule has 5 rings (SSSR count). The summed E-state index contributed by atoms with van der Waals surface area (Å²) in [6.07, 6.45) is 1.54. The fourth-order valence-electron chi connectivity index (χ4n) is 4.49. The molecular weight excluding hydrogens is 446 g/mol. The molecule has 0 radical (unpaired) electrons. The van der Waals surface area contributed by atoms with Crippen molar-refractivity contribution in [2.24, 2.45) is 0 Å². The van der Waals surface area contributed by atoms with E-state index >= 15 is 0 Å². The van der Waals surface area contributed by atoms with E-state index in [4.69, 9.17) is 9.15 Å². The van der Waals surface area contributed by atoms with Crippen LogP contribution in [0.1, 0.15) is 26.5 Å². The minimum Gasteiger partial charge on any atom is -0.496 e. The number of furan rings is 1. The quantitative estimate of drug-likeness (QED) is 0.352. The number of fused-ring (bicyclic) bond motifs is 1. The summed E-state index contributed by atoms with van der Waals surface area (Å²) in [5, 5.41) is 0.537. The Labute approximate surface area is 202 Å². The van der Waals surface area contributed by atoms with Crippen LogP contribution in [0.4, 0.5) is 0 Å². The van der Waals surface area contributed by atoms with Crippen molar-refractivity contribution in [2.75, 3.05) is 33.3 Å². The van der Waals surface area contributed by atoms with Gasteiger partial charge in [-0.1, -0.05) is 18.2 Å². The van der Waals surface area contributed by atoms with E-state index in [-0.39, 0.29) is 11.5 Å². The first-order valence-corrected chi connectivity index (χ1v) is 11.4. The van der Waals surface area contributed by atoms with Gasteiger partial charge < -0.3 is 23.9 Å². The number of benzene rings is 2. The van der Waals surface area contributed by atoms with Crippen LogP contribution in [0, 0.1) is 6.92 Å². The number of carbonyl (C=O) groups excluding carboxylic acids is 3. The SMILES string of the molecule is COc1ccc(-c2ccc(C)o2)c2[nH]cc(C(=O)C(=O)N3CCN(C(=O)c4ccccc4)CC3)c12. The Morgan fingerprint density at radius 3 is 2.29 bits per heavy atom. The summed E-state index contributed by atoms with van der Waals surface area (Å²) in [6, 6.07) is 16.4. The first-order valence-electron chi connectivity index (χ1n) is 11.4. The van der Waals surface area contributed by atoms with Crippen molar-refractivity contribution in [3.05, 3.63) is 77.7 Å². The van der Waals surface area contributed by atoms with Gasteiger partial charge >= 0.3 is 0 Å². The predicted molar refractivity (Wildman–Crippen MR) is 131 cm³/mol. The van der Waals surface area contributed by atoms with E-state index in [0.29, 0.717) is 54.2 Å². The van der Waals surface area contributed by atoms with Crippen molar-refractivity contribution in [1.82, 2.24) is 14.8 Å². The van der Waals surface area contributed by atoms with Gasteiger partial charge in [-0.05, 0) is 43.3 Å². The number of nitrogens with one attached hydrogen (secondary N) is 1. The Hall–Kier alpha value is -4.33. The van der Waals surface area contributed by atoms with Gasteiger partial charge in [0.2, 0.25) is 0 Å². The zero-order valence-electron chi connectivity index (χ0n) is 19.5. The van der Waals surface area contributed by atoms with Crippen LogP contribution in [0.15, 0.2) is 65.2 Å². The first kappa shape index (κ1) is 22.5. The standard InChI is InChI=1S/C27H25N3O5/c1-17-8-10-21(35-17)19-9-11-22(34-2)23-20(16-28-24(19)23)25(31)27(33)30-14-12-29(13-15-30)26(32)18-6-4-3-5-7-18/h3-11,16,28H,12-15H2,1-2H3. The summed E-state index contributed by atoms with van der Waals surface area (Å²) in [7, 11) is 1.53. The monoisotopic (exact) mass is 471 g/mol. The lowest BCUT2D eigenvalue weighted by molar-refractivity contribution is -0.127. The molecular formula is C27H25N3O5. The molecule has 4 aromatic rings. The third-order valence-corrected chi connectivity index (χ3v) is 6.34. The second-order valence-corrected chi connectivity index (χ2v) is 8.46. The summed E-state index contributed by atoms with van der Waals surface area (Å²) < 4.78 is 11.3. The molecule has 3 heterocycles. The number of Topliss-reactive ketones (excluding diaryl/α,β-unsaturated/α-hetero) is 1. The normalized spacial score (nSPS) is 13.8. The molecule has 0 atom stereocenters. The lowest BCUT2D eigenvalue weighted by Crippen LogP contribution is -2.52. The van der Waals surface area contributed by atoms with Crippen molar-refractivity contribution in [1.29, 1.82) is 0 Å². The van der Waals surface area contributed by atoms with Crippen LogP contribution in [0.5, 0.6) is 5.75 Å². The van der Waals surface area contributed by atoms with Crippen molar-refractivity contribution in [2.45, 2.75) is 6.92 Å². The molecule has 0 spiro atoms. The van der Waals surface area contributed by atoms with E-state index in [2.05, 4.69) is 4.98 Å². The summed E-state index contributed by atoms with van der Waals surface area (Å²) in [6.45, 7) is 3.18.